The minimum Gasteiger partial charge on any atom is -0.481 e. The molecule has 0 saturated heterocycles. The second-order valence-corrected chi connectivity index (χ2v) is 9.61. The largest absolute Gasteiger partial charge is 0.481 e. The van der Waals surface area contributed by atoms with Crippen molar-refractivity contribution in [2.45, 2.75) is 52.2 Å². The molecule has 0 saturated carbocycles. The van der Waals surface area contributed by atoms with Crippen LogP contribution in [0.1, 0.15) is 55.4 Å². The van der Waals surface area contributed by atoms with E-state index >= 15 is 0 Å². The first kappa shape index (κ1) is 24.5. The number of carboxylic acids is 1. The van der Waals surface area contributed by atoms with Gasteiger partial charge in [0, 0.05) is 25.0 Å². The highest BCUT2D eigenvalue weighted by molar-refractivity contribution is 6.31. The smallest absolute Gasteiger partial charge is 0.410 e. The normalized spacial score (nSPS) is 12.6. The summed E-state index contributed by atoms with van der Waals surface area (Å²) in [6.07, 6.45) is -0.565. The zero-order valence-electron chi connectivity index (χ0n) is 19.7. The second-order valence-electron chi connectivity index (χ2n) is 9.20. The maximum atomic E-state index is 12.4. The SMILES string of the molecule is Cc1c(C(CC(=O)O)c2ccc(Cl)c(CN(C)C(=O)OC(C)(C)C)c2)ccc2c1nnn2C. The van der Waals surface area contributed by atoms with Crippen LogP contribution in [0.5, 0.6) is 0 Å². The number of aromatic nitrogens is 3. The van der Waals surface area contributed by atoms with E-state index in [1.54, 1.807) is 38.6 Å². The zero-order chi connectivity index (χ0) is 24.5. The third-order valence-electron chi connectivity index (χ3n) is 5.42. The lowest BCUT2D eigenvalue weighted by atomic mass is 9.85. The molecule has 2 aromatic carbocycles. The van der Waals surface area contributed by atoms with Gasteiger partial charge in [0.05, 0.1) is 18.5 Å². The third kappa shape index (κ3) is 5.63. The van der Waals surface area contributed by atoms with Gasteiger partial charge in [-0.05, 0) is 62.1 Å². The summed E-state index contributed by atoms with van der Waals surface area (Å²) in [4.78, 5) is 25.6. The quantitative estimate of drug-likeness (QED) is 0.547. The summed E-state index contributed by atoms with van der Waals surface area (Å²) in [5, 5.41) is 18.4. The summed E-state index contributed by atoms with van der Waals surface area (Å²) in [5.74, 6) is -1.34. The number of nitrogens with zero attached hydrogens (tertiary/aromatic N) is 4. The van der Waals surface area contributed by atoms with Crippen molar-refractivity contribution >= 4 is 34.7 Å². The molecular weight excluding hydrogens is 444 g/mol. The number of aryl methyl sites for hydroxylation is 2. The Labute approximate surface area is 198 Å². The number of benzene rings is 2. The van der Waals surface area contributed by atoms with E-state index in [4.69, 9.17) is 16.3 Å². The number of fused-ring (bicyclic) bond motifs is 1. The standard InChI is InChI=1S/C24H29ClN4O4/c1-14-17(8-10-20-22(14)26-27-29(20)6)18(12-21(30)31)15-7-9-19(25)16(11-15)13-28(5)23(32)33-24(2,3)4/h7-11,18H,12-13H2,1-6H3,(H,30,31). The average molecular weight is 473 g/mol. The average Bonchev–Trinajstić information content (AvgIpc) is 3.09. The second kappa shape index (κ2) is 9.39. The Hall–Kier alpha value is -3.13. The maximum Gasteiger partial charge on any atom is 0.410 e. The fraction of sp³-hybridized carbons (Fsp3) is 0.417. The summed E-state index contributed by atoms with van der Waals surface area (Å²) < 4.78 is 7.11. The van der Waals surface area contributed by atoms with Crippen LogP contribution >= 0.6 is 11.6 Å². The highest BCUT2D eigenvalue weighted by Crippen LogP contribution is 2.35. The molecule has 1 heterocycles. The van der Waals surface area contributed by atoms with Gasteiger partial charge in [-0.1, -0.05) is 35.0 Å². The van der Waals surface area contributed by atoms with Crippen molar-refractivity contribution < 1.29 is 19.4 Å². The molecular formula is C24H29ClN4O4. The van der Waals surface area contributed by atoms with Crippen molar-refractivity contribution in [3.8, 4) is 0 Å². The van der Waals surface area contributed by atoms with E-state index in [9.17, 15) is 14.7 Å². The molecule has 1 atom stereocenters. The van der Waals surface area contributed by atoms with E-state index in [0.717, 1.165) is 27.7 Å². The van der Waals surface area contributed by atoms with Crippen LogP contribution in [0, 0.1) is 6.92 Å². The number of carbonyl (C=O) groups is 2. The van der Waals surface area contributed by atoms with Crippen LogP contribution < -0.4 is 0 Å². The third-order valence-corrected chi connectivity index (χ3v) is 5.79. The van der Waals surface area contributed by atoms with Gasteiger partial charge in [0.2, 0.25) is 0 Å². The Morgan fingerprint density at radius 3 is 2.58 bits per heavy atom. The van der Waals surface area contributed by atoms with Gasteiger partial charge < -0.3 is 14.7 Å². The molecule has 0 fully saturated rings. The van der Waals surface area contributed by atoms with E-state index in [0.29, 0.717) is 10.6 Å². The monoisotopic (exact) mass is 472 g/mol. The van der Waals surface area contributed by atoms with Crippen molar-refractivity contribution in [2.75, 3.05) is 7.05 Å². The molecule has 0 aliphatic carbocycles. The van der Waals surface area contributed by atoms with Gasteiger partial charge in [0.25, 0.3) is 0 Å². The van der Waals surface area contributed by atoms with Crippen LogP contribution in [0.2, 0.25) is 5.02 Å². The number of amides is 1. The van der Waals surface area contributed by atoms with Gasteiger partial charge in [0.1, 0.15) is 11.1 Å². The Kier molecular flexibility index (Phi) is 6.97. The van der Waals surface area contributed by atoms with E-state index in [-0.39, 0.29) is 13.0 Å². The molecule has 0 spiro atoms. The van der Waals surface area contributed by atoms with Gasteiger partial charge in [0.15, 0.2) is 0 Å². The molecule has 176 valence electrons. The molecule has 1 aromatic heterocycles. The highest BCUT2D eigenvalue weighted by atomic mass is 35.5. The van der Waals surface area contributed by atoms with Crippen molar-refractivity contribution in [2.24, 2.45) is 7.05 Å². The minimum absolute atomic E-state index is 0.102. The van der Waals surface area contributed by atoms with Gasteiger partial charge in [-0.25, -0.2) is 9.48 Å². The maximum absolute atomic E-state index is 12.4. The van der Waals surface area contributed by atoms with Crippen LogP contribution in [0.25, 0.3) is 11.0 Å². The summed E-state index contributed by atoms with van der Waals surface area (Å²) >= 11 is 6.43. The topological polar surface area (TPSA) is 97.6 Å². The lowest BCUT2D eigenvalue weighted by molar-refractivity contribution is -0.137. The summed E-state index contributed by atoms with van der Waals surface area (Å²) in [7, 11) is 3.45. The number of carbonyl (C=O) groups excluding carboxylic acids is 1. The van der Waals surface area contributed by atoms with Gasteiger partial charge in [-0.2, -0.15) is 0 Å². The van der Waals surface area contributed by atoms with Crippen LogP contribution in [0.3, 0.4) is 0 Å². The first-order chi connectivity index (χ1) is 15.4. The Morgan fingerprint density at radius 2 is 1.94 bits per heavy atom. The molecule has 0 aliphatic rings. The van der Waals surface area contributed by atoms with Gasteiger partial charge in [-0.15, -0.1) is 5.10 Å². The van der Waals surface area contributed by atoms with Gasteiger partial charge in [-0.3, -0.25) is 4.79 Å². The number of halogens is 1. The summed E-state index contributed by atoms with van der Waals surface area (Å²) in [6, 6.07) is 9.25. The molecule has 9 heteroatoms. The molecule has 1 amide bonds. The Bertz CT molecular complexity index is 1200. The van der Waals surface area contributed by atoms with Crippen molar-refractivity contribution in [1.29, 1.82) is 0 Å². The van der Waals surface area contributed by atoms with E-state index in [2.05, 4.69) is 10.3 Å². The predicted octanol–water partition coefficient (Wildman–Crippen LogP) is 4.90. The number of rotatable bonds is 6. The Balaban J connectivity index is 1.99. The summed E-state index contributed by atoms with van der Waals surface area (Å²) in [6.45, 7) is 7.56. The molecule has 3 aromatic rings. The van der Waals surface area contributed by atoms with E-state index in [1.807, 2.05) is 38.2 Å². The fourth-order valence-electron chi connectivity index (χ4n) is 3.80. The zero-order valence-corrected chi connectivity index (χ0v) is 20.5. The highest BCUT2D eigenvalue weighted by Gasteiger charge is 2.24. The van der Waals surface area contributed by atoms with Gasteiger partial charge >= 0.3 is 12.1 Å². The molecule has 33 heavy (non-hydrogen) atoms. The van der Waals surface area contributed by atoms with Crippen LogP contribution in [0.4, 0.5) is 4.79 Å². The molecule has 0 radical (unpaired) electrons. The Morgan fingerprint density at radius 1 is 1.24 bits per heavy atom. The van der Waals surface area contributed by atoms with Crippen molar-refractivity contribution in [3.05, 3.63) is 57.6 Å². The lowest BCUT2D eigenvalue weighted by Crippen LogP contribution is -2.33. The molecule has 0 aliphatic heterocycles. The summed E-state index contributed by atoms with van der Waals surface area (Å²) in [5.41, 5.74) is 4.25. The number of hydrogen-bond donors (Lipinski definition) is 1. The first-order valence-corrected chi connectivity index (χ1v) is 11.0. The molecule has 3 rings (SSSR count). The molecule has 1 unspecified atom stereocenters. The van der Waals surface area contributed by atoms with Crippen LogP contribution in [0.15, 0.2) is 30.3 Å². The minimum atomic E-state index is -0.916. The molecule has 1 N–H and O–H groups in total. The number of aliphatic carboxylic acids is 1. The van der Waals surface area contributed by atoms with Crippen molar-refractivity contribution in [1.82, 2.24) is 19.9 Å². The lowest BCUT2D eigenvalue weighted by Gasteiger charge is -2.25. The number of ether oxygens (including phenoxy) is 1. The fourth-order valence-corrected chi connectivity index (χ4v) is 3.98. The molecule has 0 bridgehead atoms. The number of hydrogen-bond acceptors (Lipinski definition) is 5. The number of carboxylic acid groups (broad SMARTS) is 1. The molecule has 8 nitrogen and oxygen atoms in total. The predicted molar refractivity (Wildman–Crippen MR) is 126 cm³/mol. The van der Waals surface area contributed by atoms with E-state index < -0.39 is 23.6 Å². The van der Waals surface area contributed by atoms with Crippen LogP contribution in [-0.4, -0.2) is 49.7 Å². The van der Waals surface area contributed by atoms with Crippen LogP contribution in [-0.2, 0) is 23.1 Å². The van der Waals surface area contributed by atoms with E-state index in [1.165, 1.54) is 4.90 Å². The first-order valence-electron chi connectivity index (χ1n) is 10.6. The van der Waals surface area contributed by atoms with Crippen molar-refractivity contribution in [3.63, 3.8) is 0 Å².